The molecule has 1 aliphatic carbocycles. The van der Waals surface area contributed by atoms with E-state index >= 15 is 0 Å². The second-order valence-corrected chi connectivity index (χ2v) is 10.0. The highest BCUT2D eigenvalue weighted by Crippen LogP contribution is 2.33. The smallest absolute Gasteiger partial charge is 0.153 e. The summed E-state index contributed by atoms with van der Waals surface area (Å²) in [5.41, 5.74) is 1.09. The van der Waals surface area contributed by atoms with Gasteiger partial charge in [0.25, 0.3) is 0 Å². The maximum atomic E-state index is 12.2. The zero-order chi connectivity index (χ0) is 17.4. The Morgan fingerprint density at radius 1 is 1.12 bits per heavy atom. The Bertz CT molecular complexity index is 696. The normalized spacial score (nSPS) is 31.2. The van der Waals surface area contributed by atoms with Crippen LogP contribution < -0.4 is 0 Å². The standard InChI is InChI=1S/C18H29N3O3S/c1-2-20-8-9-21(18-13-25(22,23)12-17(18)20)11-15-10-16(19-24-15)14-6-4-3-5-7-14/h10,14,17-18H,2-9,11-13H2,1H3/t17-,18+/m1/s1. The number of piperazine rings is 1. The molecule has 0 bridgehead atoms. The minimum atomic E-state index is -2.94. The molecule has 1 aromatic rings. The number of fused-ring (bicyclic) bond motifs is 1. The van der Waals surface area contributed by atoms with E-state index in [1.807, 2.05) is 0 Å². The third kappa shape index (κ3) is 3.64. The van der Waals surface area contributed by atoms with Gasteiger partial charge in [-0.2, -0.15) is 0 Å². The number of hydrogen-bond acceptors (Lipinski definition) is 6. The van der Waals surface area contributed by atoms with E-state index in [0.717, 1.165) is 31.1 Å². The largest absolute Gasteiger partial charge is 0.360 e. The molecule has 2 saturated heterocycles. The maximum absolute atomic E-state index is 12.2. The summed E-state index contributed by atoms with van der Waals surface area (Å²) in [5, 5.41) is 4.32. The van der Waals surface area contributed by atoms with Crippen molar-refractivity contribution in [3.63, 3.8) is 0 Å². The predicted molar refractivity (Wildman–Crippen MR) is 96.2 cm³/mol. The Morgan fingerprint density at radius 2 is 1.80 bits per heavy atom. The number of nitrogens with zero attached hydrogens (tertiary/aromatic N) is 3. The van der Waals surface area contributed by atoms with Crippen molar-refractivity contribution in [3.05, 3.63) is 17.5 Å². The lowest BCUT2D eigenvalue weighted by Gasteiger charge is -2.43. The summed E-state index contributed by atoms with van der Waals surface area (Å²) >= 11 is 0. The number of hydrogen-bond donors (Lipinski definition) is 0. The van der Waals surface area contributed by atoms with Crippen LogP contribution in [-0.2, 0) is 16.4 Å². The highest BCUT2D eigenvalue weighted by atomic mass is 32.2. The van der Waals surface area contributed by atoms with E-state index in [-0.39, 0.29) is 17.8 Å². The van der Waals surface area contributed by atoms with Crippen LogP contribution in [-0.4, -0.2) is 66.6 Å². The first kappa shape index (κ1) is 17.5. The van der Waals surface area contributed by atoms with Gasteiger partial charge in [-0.3, -0.25) is 9.80 Å². The molecule has 3 aliphatic rings. The van der Waals surface area contributed by atoms with E-state index in [1.54, 1.807) is 0 Å². The quantitative estimate of drug-likeness (QED) is 0.811. The minimum absolute atomic E-state index is 0.0851. The van der Waals surface area contributed by atoms with Crippen LogP contribution >= 0.6 is 0 Å². The van der Waals surface area contributed by atoms with Crippen LogP contribution in [0.15, 0.2) is 10.6 Å². The number of likely N-dealkylation sites (N-methyl/N-ethyl adjacent to an activating group) is 1. The molecule has 140 valence electrons. The van der Waals surface area contributed by atoms with Crippen LogP contribution in [0, 0.1) is 0 Å². The monoisotopic (exact) mass is 367 g/mol. The highest BCUT2D eigenvalue weighted by Gasteiger charge is 2.46. The molecule has 3 fully saturated rings. The molecule has 0 aromatic carbocycles. The van der Waals surface area contributed by atoms with Crippen LogP contribution in [0.4, 0.5) is 0 Å². The Morgan fingerprint density at radius 3 is 2.52 bits per heavy atom. The zero-order valence-corrected chi connectivity index (χ0v) is 15.9. The lowest BCUT2D eigenvalue weighted by molar-refractivity contribution is 0.0386. The first-order chi connectivity index (χ1) is 12.1. The van der Waals surface area contributed by atoms with Gasteiger partial charge in [-0.05, 0) is 19.4 Å². The summed E-state index contributed by atoms with van der Waals surface area (Å²) in [5.74, 6) is 2.00. The third-order valence-electron chi connectivity index (χ3n) is 6.27. The Hall–Kier alpha value is -0.920. The molecule has 25 heavy (non-hydrogen) atoms. The molecule has 1 aromatic heterocycles. The fourth-order valence-corrected chi connectivity index (χ4v) is 6.92. The second-order valence-electron chi connectivity index (χ2n) is 7.86. The zero-order valence-electron chi connectivity index (χ0n) is 15.1. The average Bonchev–Trinajstić information content (AvgIpc) is 3.19. The first-order valence-corrected chi connectivity index (χ1v) is 11.5. The molecule has 1 saturated carbocycles. The molecule has 3 heterocycles. The van der Waals surface area contributed by atoms with Gasteiger partial charge in [0.1, 0.15) is 0 Å². The van der Waals surface area contributed by atoms with Crippen molar-refractivity contribution < 1.29 is 12.9 Å². The molecule has 7 heteroatoms. The van der Waals surface area contributed by atoms with Gasteiger partial charge in [-0.1, -0.05) is 31.3 Å². The van der Waals surface area contributed by atoms with Crippen LogP contribution in [0.3, 0.4) is 0 Å². The van der Waals surface area contributed by atoms with Gasteiger partial charge in [0, 0.05) is 37.2 Å². The molecule has 0 amide bonds. The van der Waals surface area contributed by atoms with E-state index < -0.39 is 9.84 Å². The topological polar surface area (TPSA) is 66.7 Å². The van der Waals surface area contributed by atoms with Crippen molar-refractivity contribution in [3.8, 4) is 0 Å². The summed E-state index contributed by atoms with van der Waals surface area (Å²) in [6.45, 7) is 5.53. The highest BCUT2D eigenvalue weighted by molar-refractivity contribution is 7.91. The molecular formula is C18H29N3O3S. The van der Waals surface area contributed by atoms with Gasteiger partial charge >= 0.3 is 0 Å². The van der Waals surface area contributed by atoms with Crippen molar-refractivity contribution in [2.24, 2.45) is 0 Å². The summed E-state index contributed by atoms with van der Waals surface area (Å²) in [4.78, 5) is 4.62. The maximum Gasteiger partial charge on any atom is 0.153 e. The van der Waals surface area contributed by atoms with Crippen molar-refractivity contribution in [2.75, 3.05) is 31.1 Å². The SMILES string of the molecule is CCN1CCN(Cc2cc(C3CCCCC3)no2)[C@H]2CS(=O)(=O)C[C@H]21. The lowest BCUT2D eigenvalue weighted by Crippen LogP contribution is -2.58. The fraction of sp³-hybridized carbons (Fsp3) is 0.833. The Balaban J connectivity index is 1.46. The van der Waals surface area contributed by atoms with E-state index in [2.05, 4.69) is 27.9 Å². The summed E-state index contributed by atoms with van der Waals surface area (Å²) < 4.78 is 30.0. The Kier molecular flexibility index (Phi) is 4.90. The number of sulfone groups is 1. The lowest BCUT2D eigenvalue weighted by atomic mass is 9.87. The van der Waals surface area contributed by atoms with Crippen molar-refractivity contribution >= 4 is 9.84 Å². The van der Waals surface area contributed by atoms with E-state index in [0.29, 0.717) is 18.2 Å². The van der Waals surface area contributed by atoms with Crippen molar-refractivity contribution in [2.45, 2.75) is 63.6 Å². The van der Waals surface area contributed by atoms with Crippen LogP contribution in [0.1, 0.15) is 56.4 Å². The number of rotatable bonds is 4. The predicted octanol–water partition coefficient (Wildman–Crippen LogP) is 2.03. The van der Waals surface area contributed by atoms with Crippen molar-refractivity contribution in [1.82, 2.24) is 15.0 Å². The summed E-state index contributed by atoms with van der Waals surface area (Å²) in [6, 6.07) is 2.33. The van der Waals surface area contributed by atoms with Crippen LogP contribution in [0.5, 0.6) is 0 Å². The average molecular weight is 368 g/mol. The van der Waals surface area contributed by atoms with Crippen LogP contribution in [0.25, 0.3) is 0 Å². The van der Waals surface area contributed by atoms with Crippen LogP contribution in [0.2, 0.25) is 0 Å². The molecular weight excluding hydrogens is 338 g/mol. The van der Waals surface area contributed by atoms with Gasteiger partial charge in [-0.15, -0.1) is 0 Å². The second kappa shape index (κ2) is 7.00. The van der Waals surface area contributed by atoms with Gasteiger partial charge in [-0.25, -0.2) is 8.42 Å². The van der Waals surface area contributed by atoms with Crippen molar-refractivity contribution in [1.29, 1.82) is 0 Å². The van der Waals surface area contributed by atoms with Gasteiger partial charge in [0.2, 0.25) is 0 Å². The molecule has 0 radical (unpaired) electrons. The first-order valence-electron chi connectivity index (χ1n) is 9.70. The molecule has 2 aliphatic heterocycles. The van der Waals surface area contributed by atoms with E-state index in [4.69, 9.17) is 4.52 Å². The van der Waals surface area contributed by atoms with Gasteiger partial charge < -0.3 is 4.52 Å². The van der Waals surface area contributed by atoms with E-state index in [9.17, 15) is 8.42 Å². The Labute approximate surface area is 150 Å². The minimum Gasteiger partial charge on any atom is -0.360 e. The van der Waals surface area contributed by atoms with Gasteiger partial charge in [0.05, 0.1) is 23.7 Å². The summed E-state index contributed by atoms with van der Waals surface area (Å²) in [6.07, 6.45) is 6.33. The summed E-state index contributed by atoms with van der Waals surface area (Å²) in [7, 11) is -2.94. The molecule has 4 rings (SSSR count). The van der Waals surface area contributed by atoms with Gasteiger partial charge in [0.15, 0.2) is 15.6 Å². The molecule has 0 spiro atoms. The molecule has 2 atom stereocenters. The molecule has 0 N–H and O–H groups in total. The third-order valence-corrected chi connectivity index (χ3v) is 7.97. The molecule has 6 nitrogen and oxygen atoms in total. The number of aromatic nitrogens is 1. The van der Waals surface area contributed by atoms with E-state index in [1.165, 1.54) is 32.1 Å². The molecule has 0 unspecified atom stereocenters. The fourth-order valence-electron chi connectivity index (χ4n) is 4.88.